The summed E-state index contributed by atoms with van der Waals surface area (Å²) in [5.41, 5.74) is 0.913. The highest BCUT2D eigenvalue weighted by atomic mass is 32.2. The lowest BCUT2D eigenvalue weighted by Crippen LogP contribution is -2.60. The molecule has 2 bridgehead atoms. The van der Waals surface area contributed by atoms with Crippen LogP contribution in [-0.2, 0) is 0 Å². The van der Waals surface area contributed by atoms with E-state index in [4.69, 9.17) is 0 Å². The number of thioether (sulfide) groups is 1. The number of carbonyl (C=O) groups excluding carboxylic acids is 1. The van der Waals surface area contributed by atoms with Crippen LogP contribution in [-0.4, -0.2) is 52.4 Å². The number of carbonyl (C=O) groups is 1. The second kappa shape index (κ2) is 5.93. The van der Waals surface area contributed by atoms with Crippen molar-refractivity contribution >= 4 is 23.5 Å². The van der Waals surface area contributed by atoms with E-state index in [1.54, 1.807) is 22.9 Å². The zero-order valence-corrected chi connectivity index (χ0v) is 13.3. The Bertz CT molecular complexity index is 571. The Labute approximate surface area is 135 Å². The van der Waals surface area contributed by atoms with Crippen LogP contribution in [0.5, 0.6) is 0 Å². The average molecular weight is 316 g/mol. The van der Waals surface area contributed by atoms with Crippen molar-refractivity contribution < 1.29 is 4.79 Å². The van der Waals surface area contributed by atoms with E-state index < -0.39 is 0 Å². The van der Waals surface area contributed by atoms with Gasteiger partial charge in [0.05, 0.1) is 23.8 Å². The normalized spacial score (nSPS) is 29.8. The van der Waals surface area contributed by atoms with Gasteiger partial charge in [-0.2, -0.15) is 0 Å². The van der Waals surface area contributed by atoms with Gasteiger partial charge in [-0.15, -0.1) is 11.8 Å². The molecule has 22 heavy (non-hydrogen) atoms. The highest BCUT2D eigenvalue weighted by Crippen LogP contribution is 2.34. The number of piperidine rings is 3. The number of fused-ring (bicyclic) bond motifs is 3. The molecule has 2 amide bonds. The third kappa shape index (κ3) is 2.50. The van der Waals surface area contributed by atoms with Gasteiger partial charge in [0.1, 0.15) is 0 Å². The number of hydrogen-bond acceptors (Lipinski definition) is 4. The molecule has 5 heterocycles. The molecule has 0 saturated carbocycles. The maximum Gasteiger partial charge on any atom is 0.329 e. The standard InChI is InChI=1S/C16H20N4OS/c21-16(19-8-9-22-12-19)20(14-2-1-5-17-10-14)15-11-18-6-3-13(15)4-7-18/h1-2,5,8-10,13,15H,3-4,6-7,11-12H2/t15-/m0/s1. The molecule has 0 aromatic carbocycles. The molecule has 1 aromatic rings. The van der Waals surface area contributed by atoms with Gasteiger partial charge >= 0.3 is 6.03 Å². The number of aromatic nitrogens is 1. The fraction of sp³-hybridized carbons (Fsp3) is 0.500. The minimum absolute atomic E-state index is 0.0769. The number of nitrogens with zero attached hydrogens (tertiary/aromatic N) is 4. The summed E-state index contributed by atoms with van der Waals surface area (Å²) in [5, 5.41) is 1.98. The second-order valence-electron chi connectivity index (χ2n) is 6.12. The van der Waals surface area contributed by atoms with Crippen LogP contribution < -0.4 is 4.90 Å². The molecule has 1 aromatic heterocycles. The number of anilines is 1. The average Bonchev–Trinajstić information content (AvgIpc) is 3.12. The molecule has 0 spiro atoms. The lowest BCUT2D eigenvalue weighted by Gasteiger charge is -2.49. The molecule has 5 rings (SSSR count). The molecule has 6 heteroatoms. The van der Waals surface area contributed by atoms with Gasteiger partial charge in [0.2, 0.25) is 0 Å². The van der Waals surface area contributed by atoms with Crippen LogP contribution in [0, 0.1) is 5.92 Å². The van der Waals surface area contributed by atoms with Crippen molar-refractivity contribution in [1.82, 2.24) is 14.8 Å². The minimum Gasteiger partial charge on any atom is -0.301 e. The molecule has 0 unspecified atom stereocenters. The Kier molecular flexibility index (Phi) is 3.80. The Morgan fingerprint density at radius 1 is 1.36 bits per heavy atom. The number of pyridine rings is 1. The van der Waals surface area contributed by atoms with Crippen molar-refractivity contribution in [1.29, 1.82) is 0 Å². The van der Waals surface area contributed by atoms with E-state index in [-0.39, 0.29) is 12.1 Å². The predicted octanol–water partition coefficient (Wildman–Crippen LogP) is 2.58. The third-order valence-corrected chi connectivity index (χ3v) is 5.62. The fourth-order valence-corrected chi connectivity index (χ4v) is 4.38. The highest BCUT2D eigenvalue weighted by molar-refractivity contribution is 8.02. The summed E-state index contributed by atoms with van der Waals surface area (Å²) in [4.78, 5) is 23.6. The van der Waals surface area contributed by atoms with Crippen LogP contribution in [0.3, 0.4) is 0 Å². The van der Waals surface area contributed by atoms with Gasteiger partial charge in [0.25, 0.3) is 0 Å². The quantitative estimate of drug-likeness (QED) is 0.841. The largest absolute Gasteiger partial charge is 0.329 e. The van der Waals surface area contributed by atoms with Crippen LogP contribution >= 0.6 is 11.8 Å². The summed E-state index contributed by atoms with van der Waals surface area (Å²) in [7, 11) is 0. The van der Waals surface area contributed by atoms with Crippen molar-refractivity contribution in [3.8, 4) is 0 Å². The lowest BCUT2D eigenvalue weighted by molar-refractivity contribution is 0.0860. The highest BCUT2D eigenvalue weighted by Gasteiger charge is 2.41. The van der Waals surface area contributed by atoms with E-state index in [9.17, 15) is 4.79 Å². The fourth-order valence-electron chi connectivity index (χ4n) is 3.71. The Morgan fingerprint density at radius 2 is 2.23 bits per heavy atom. The smallest absolute Gasteiger partial charge is 0.301 e. The molecule has 0 N–H and O–H groups in total. The van der Waals surface area contributed by atoms with Crippen LogP contribution in [0.4, 0.5) is 10.5 Å². The molecule has 0 radical (unpaired) electrons. The molecule has 116 valence electrons. The monoisotopic (exact) mass is 316 g/mol. The molecule has 3 fully saturated rings. The van der Waals surface area contributed by atoms with Crippen LogP contribution in [0.25, 0.3) is 0 Å². The van der Waals surface area contributed by atoms with Gasteiger partial charge in [-0.05, 0) is 49.4 Å². The molecule has 5 nitrogen and oxygen atoms in total. The zero-order chi connectivity index (χ0) is 14.9. The number of rotatable bonds is 2. The van der Waals surface area contributed by atoms with Crippen molar-refractivity contribution in [3.63, 3.8) is 0 Å². The van der Waals surface area contributed by atoms with Crippen LogP contribution in [0.1, 0.15) is 12.8 Å². The first-order valence-corrected chi connectivity index (χ1v) is 8.88. The first-order valence-electron chi connectivity index (χ1n) is 7.83. The molecule has 1 atom stereocenters. The van der Waals surface area contributed by atoms with Crippen molar-refractivity contribution in [2.75, 3.05) is 30.4 Å². The van der Waals surface area contributed by atoms with Crippen molar-refractivity contribution in [2.24, 2.45) is 5.92 Å². The van der Waals surface area contributed by atoms with E-state index in [1.165, 1.54) is 25.9 Å². The van der Waals surface area contributed by atoms with E-state index >= 15 is 0 Å². The third-order valence-electron chi connectivity index (χ3n) is 4.88. The molecule has 0 aliphatic carbocycles. The molecule has 4 aliphatic rings. The summed E-state index contributed by atoms with van der Waals surface area (Å²) >= 11 is 1.66. The SMILES string of the molecule is O=C(N1C=CSC1)N(c1cccnc1)[C@H]1CN2CCC1CC2. The second-order valence-corrected chi connectivity index (χ2v) is 6.98. The first-order chi connectivity index (χ1) is 10.8. The molecule has 4 aliphatic heterocycles. The van der Waals surface area contributed by atoms with Gasteiger partial charge in [-0.1, -0.05) is 0 Å². The van der Waals surface area contributed by atoms with Gasteiger partial charge in [-0.25, -0.2) is 4.79 Å². The topological polar surface area (TPSA) is 39.7 Å². The van der Waals surface area contributed by atoms with Crippen molar-refractivity contribution in [2.45, 2.75) is 18.9 Å². The predicted molar refractivity (Wildman–Crippen MR) is 88.5 cm³/mol. The maximum atomic E-state index is 13.1. The Balaban J connectivity index is 1.66. The van der Waals surface area contributed by atoms with E-state index in [0.29, 0.717) is 11.8 Å². The summed E-state index contributed by atoms with van der Waals surface area (Å²) < 4.78 is 0. The number of amides is 2. The lowest BCUT2D eigenvalue weighted by atomic mass is 9.83. The Morgan fingerprint density at radius 3 is 2.82 bits per heavy atom. The summed E-state index contributed by atoms with van der Waals surface area (Å²) in [6.07, 6.45) is 7.84. The maximum absolute atomic E-state index is 13.1. The van der Waals surface area contributed by atoms with Gasteiger partial charge < -0.3 is 4.90 Å². The Hall–Kier alpha value is -1.53. The van der Waals surface area contributed by atoms with Gasteiger partial charge in [0.15, 0.2) is 0 Å². The van der Waals surface area contributed by atoms with Gasteiger partial charge in [-0.3, -0.25) is 14.8 Å². The van der Waals surface area contributed by atoms with Gasteiger partial charge in [0, 0.05) is 18.9 Å². The van der Waals surface area contributed by atoms with Crippen molar-refractivity contribution in [3.05, 3.63) is 36.1 Å². The summed E-state index contributed by atoms with van der Waals surface area (Å²) in [6, 6.07) is 4.24. The van der Waals surface area contributed by atoms with Crippen LogP contribution in [0.2, 0.25) is 0 Å². The molecular formula is C16H20N4OS. The zero-order valence-electron chi connectivity index (χ0n) is 12.5. The summed E-state index contributed by atoms with van der Waals surface area (Å²) in [5.74, 6) is 1.31. The number of urea groups is 1. The molecular weight excluding hydrogens is 296 g/mol. The van der Waals surface area contributed by atoms with E-state index in [1.807, 2.05) is 34.8 Å². The minimum atomic E-state index is 0.0769. The first kappa shape index (κ1) is 14.1. The molecule has 3 saturated heterocycles. The van der Waals surface area contributed by atoms with E-state index in [0.717, 1.165) is 12.2 Å². The number of hydrogen-bond donors (Lipinski definition) is 0. The van der Waals surface area contributed by atoms with E-state index in [2.05, 4.69) is 9.88 Å². The summed E-state index contributed by atoms with van der Waals surface area (Å²) in [6.45, 7) is 3.33. The van der Waals surface area contributed by atoms with Crippen LogP contribution in [0.15, 0.2) is 36.1 Å².